The smallest absolute Gasteiger partial charge is 1.00 e. The van der Waals surface area contributed by atoms with E-state index in [1.54, 1.807) is 0 Å². The summed E-state index contributed by atoms with van der Waals surface area (Å²) in [6.45, 7) is 7.22. The van der Waals surface area contributed by atoms with Crippen molar-refractivity contribution in [3.63, 3.8) is 0 Å². The minimum Gasteiger partial charge on any atom is -1.00 e. The van der Waals surface area contributed by atoms with Gasteiger partial charge < -0.3 is 32.8 Å². The molecule has 58 valence electrons. The fourth-order valence-corrected chi connectivity index (χ4v) is 0. The van der Waals surface area contributed by atoms with Gasteiger partial charge in [0.25, 0.3) is 0 Å². The Bertz CT molecular complexity index is 60.0. The second kappa shape index (κ2) is 16.3. The predicted octanol–water partition coefficient (Wildman–Crippen LogP) is -2.62. The molecule has 0 aliphatic heterocycles. The third-order valence-electron chi connectivity index (χ3n) is 0. The van der Waals surface area contributed by atoms with E-state index in [1.165, 1.54) is 5.92 Å². The van der Waals surface area contributed by atoms with Crippen LogP contribution in [0.3, 0.4) is 0 Å². The molecule has 2 nitrogen and oxygen atoms in total. The molecule has 0 atom stereocenters. The number of carbonyl (C=O) groups is 1. The van der Waals surface area contributed by atoms with Crippen LogP contribution in [0.2, 0.25) is 0 Å². The summed E-state index contributed by atoms with van der Waals surface area (Å²) in [4.78, 5) is 8.89. The third-order valence-corrected chi connectivity index (χ3v) is 0. The Hall–Kier alpha value is 0.573. The van der Waals surface area contributed by atoms with Gasteiger partial charge >= 0.3 is 19.5 Å². The summed E-state index contributed by atoms with van der Waals surface area (Å²) in [7, 11) is 0. The van der Waals surface area contributed by atoms with Crippen LogP contribution in [-0.2, 0) is 24.3 Å². The standard InChI is InChI=1S/C4H9.C2H4O2.BrH.Zn/c1-4(2)3;1-2(3)4;;/h1-3H3;1H3,(H,3,4);1H;/q-1;;;+2/p-2. The zero-order chi connectivity index (χ0) is 7.15. The van der Waals surface area contributed by atoms with Crippen molar-refractivity contribution in [2.75, 3.05) is 0 Å². The van der Waals surface area contributed by atoms with E-state index in [0.29, 0.717) is 0 Å². The first-order chi connectivity index (χ1) is 3.46. The van der Waals surface area contributed by atoms with Crippen LogP contribution >= 0.6 is 0 Å². The number of carboxylic acids is 1. The molecule has 4 heteroatoms. The molecular weight excluding hydrogens is 249 g/mol. The number of hydrogen-bond acceptors (Lipinski definition) is 2. The van der Waals surface area contributed by atoms with Crippen LogP contribution in [0.1, 0.15) is 27.7 Å². The van der Waals surface area contributed by atoms with Gasteiger partial charge in [0.1, 0.15) is 0 Å². The van der Waals surface area contributed by atoms with Gasteiger partial charge in [0.15, 0.2) is 0 Å². The maximum absolute atomic E-state index is 8.89. The van der Waals surface area contributed by atoms with Crippen LogP contribution in [0.4, 0.5) is 0 Å². The van der Waals surface area contributed by atoms with Gasteiger partial charge in [-0.15, -0.1) is 0 Å². The summed E-state index contributed by atoms with van der Waals surface area (Å²) in [5, 5.41) is 8.89. The molecule has 0 saturated carbocycles. The van der Waals surface area contributed by atoms with E-state index in [-0.39, 0.29) is 36.5 Å². The number of aliphatic carboxylic acids is 1. The number of carbonyl (C=O) groups excluding carboxylic acids is 1. The Labute approximate surface area is 85.9 Å². The van der Waals surface area contributed by atoms with Crippen molar-refractivity contribution in [3.8, 4) is 0 Å². The van der Waals surface area contributed by atoms with E-state index >= 15 is 0 Å². The molecule has 0 unspecified atom stereocenters. The molecule has 0 N–H and O–H groups in total. The summed E-state index contributed by atoms with van der Waals surface area (Å²) in [5.41, 5.74) is 0. The molecule has 0 aliphatic carbocycles. The van der Waals surface area contributed by atoms with Crippen molar-refractivity contribution < 1.29 is 46.4 Å². The molecule has 0 radical (unpaired) electrons. The summed E-state index contributed by atoms with van der Waals surface area (Å²) in [6, 6.07) is 0. The van der Waals surface area contributed by atoms with Gasteiger partial charge in [0.05, 0.1) is 0 Å². The van der Waals surface area contributed by atoms with Crippen molar-refractivity contribution >= 4 is 5.97 Å². The Balaban J connectivity index is -0.0000000300. The molecule has 0 spiro atoms. The maximum Gasteiger partial charge on any atom is 2.00 e. The van der Waals surface area contributed by atoms with Crippen molar-refractivity contribution in [1.29, 1.82) is 0 Å². The zero-order valence-corrected chi connectivity index (χ0v) is 11.5. The summed E-state index contributed by atoms with van der Waals surface area (Å²) in [5.74, 6) is 0.333. The van der Waals surface area contributed by atoms with Gasteiger partial charge in [-0.25, -0.2) is 0 Å². The fraction of sp³-hybridized carbons (Fsp3) is 0.667. The van der Waals surface area contributed by atoms with E-state index in [9.17, 15) is 0 Å². The Morgan fingerprint density at radius 3 is 1.30 bits per heavy atom. The minimum atomic E-state index is -1.08. The molecule has 0 aliphatic rings. The van der Waals surface area contributed by atoms with Crippen LogP contribution < -0.4 is 22.1 Å². The first-order valence-electron chi connectivity index (χ1n) is 2.41. The Morgan fingerprint density at radius 1 is 1.30 bits per heavy atom. The Kier molecular flexibility index (Phi) is 36.5. The largest absolute Gasteiger partial charge is 2.00 e. The summed E-state index contributed by atoms with van der Waals surface area (Å²) in [6.07, 6.45) is 0. The summed E-state index contributed by atoms with van der Waals surface area (Å²) >= 11 is 0. The second-order valence-electron chi connectivity index (χ2n) is 1.99. The van der Waals surface area contributed by atoms with Crippen LogP contribution in [0.25, 0.3) is 0 Å². The van der Waals surface area contributed by atoms with Gasteiger partial charge in [0.2, 0.25) is 0 Å². The molecule has 0 amide bonds. The first-order valence-corrected chi connectivity index (χ1v) is 2.41. The molecule has 0 rings (SSSR count). The van der Waals surface area contributed by atoms with E-state index in [4.69, 9.17) is 9.90 Å². The molecule has 0 aromatic carbocycles. The van der Waals surface area contributed by atoms with Crippen molar-refractivity contribution in [3.05, 3.63) is 5.92 Å². The molecule has 0 heterocycles. The SMILES string of the molecule is CC(=O)[O-].C[C-](C)C.[Br-].[Zn+2]. The van der Waals surface area contributed by atoms with Crippen LogP contribution in [0.5, 0.6) is 0 Å². The molecule has 0 bridgehead atoms. The Morgan fingerprint density at radius 2 is 1.30 bits per heavy atom. The van der Waals surface area contributed by atoms with Gasteiger partial charge in [-0.1, -0.05) is 0 Å². The van der Waals surface area contributed by atoms with Gasteiger partial charge in [-0.2, -0.15) is 20.8 Å². The molecule has 0 saturated heterocycles. The quantitative estimate of drug-likeness (QED) is 0.354. The van der Waals surface area contributed by atoms with E-state index in [2.05, 4.69) is 20.8 Å². The first kappa shape index (κ1) is 22.4. The molecule has 0 aromatic heterocycles. The average molecular weight is 261 g/mol. The van der Waals surface area contributed by atoms with Crippen LogP contribution in [0, 0.1) is 5.92 Å². The normalized spacial score (nSPS) is 6.10. The zero-order valence-electron chi connectivity index (χ0n) is 6.90. The monoisotopic (exact) mass is 259 g/mol. The van der Waals surface area contributed by atoms with Crippen molar-refractivity contribution in [2.24, 2.45) is 0 Å². The van der Waals surface area contributed by atoms with E-state index in [0.717, 1.165) is 6.92 Å². The maximum atomic E-state index is 8.89. The van der Waals surface area contributed by atoms with Crippen LogP contribution in [0.15, 0.2) is 0 Å². The summed E-state index contributed by atoms with van der Waals surface area (Å²) < 4.78 is 0. The van der Waals surface area contributed by atoms with Crippen LogP contribution in [-0.4, -0.2) is 5.97 Å². The molecular formula is C6H12BrO2Zn-. The van der Waals surface area contributed by atoms with E-state index in [1.807, 2.05) is 0 Å². The number of halogens is 1. The predicted molar refractivity (Wildman–Crippen MR) is 30.9 cm³/mol. The average Bonchev–Trinajstić information content (AvgIpc) is 1.25. The molecule has 0 fully saturated rings. The second-order valence-corrected chi connectivity index (χ2v) is 1.99. The molecule has 0 aromatic rings. The fourth-order valence-electron chi connectivity index (χ4n) is 0. The van der Waals surface area contributed by atoms with Gasteiger partial charge in [-0.3, -0.25) is 0 Å². The van der Waals surface area contributed by atoms with Gasteiger partial charge in [-0.05, 0) is 6.92 Å². The number of rotatable bonds is 0. The molecule has 10 heavy (non-hydrogen) atoms. The van der Waals surface area contributed by atoms with E-state index < -0.39 is 5.97 Å². The third kappa shape index (κ3) is 1500. The van der Waals surface area contributed by atoms with Crippen molar-refractivity contribution in [1.82, 2.24) is 0 Å². The number of carboxylic acid groups (broad SMARTS) is 1. The van der Waals surface area contributed by atoms with Crippen molar-refractivity contribution in [2.45, 2.75) is 27.7 Å². The number of hydrogen-bond donors (Lipinski definition) is 0. The minimum absolute atomic E-state index is 0. The van der Waals surface area contributed by atoms with Gasteiger partial charge in [0, 0.05) is 5.97 Å². The topological polar surface area (TPSA) is 40.1 Å².